The molecule has 0 aromatic heterocycles. The summed E-state index contributed by atoms with van der Waals surface area (Å²) in [6, 6.07) is 4.74. The first kappa shape index (κ1) is 21.1. The normalized spacial score (nSPS) is 25.3. The largest absolute Gasteiger partial charge is 0.416 e. The third kappa shape index (κ3) is 3.94. The lowest BCUT2D eigenvalue weighted by atomic mass is 9.83. The van der Waals surface area contributed by atoms with Crippen LogP contribution in [0.4, 0.5) is 18.9 Å². The van der Waals surface area contributed by atoms with Crippen molar-refractivity contribution >= 4 is 27.7 Å². The number of hydrogen-bond acceptors (Lipinski definition) is 6. The molecular weight excluding hydrogens is 411 g/mol. The Morgan fingerprint density at radius 2 is 2.14 bits per heavy atom. The predicted octanol–water partition coefficient (Wildman–Crippen LogP) is 1.35. The van der Waals surface area contributed by atoms with Gasteiger partial charge in [0.05, 0.1) is 35.1 Å². The van der Waals surface area contributed by atoms with Crippen molar-refractivity contribution in [2.24, 2.45) is 11.3 Å². The van der Waals surface area contributed by atoms with Gasteiger partial charge >= 0.3 is 6.18 Å². The van der Waals surface area contributed by atoms with E-state index in [0.717, 1.165) is 18.2 Å². The lowest BCUT2D eigenvalue weighted by Gasteiger charge is -2.25. The highest BCUT2D eigenvalue weighted by atomic mass is 32.2. The van der Waals surface area contributed by atoms with Crippen molar-refractivity contribution in [3.05, 3.63) is 29.3 Å². The van der Waals surface area contributed by atoms with E-state index in [4.69, 9.17) is 0 Å². The van der Waals surface area contributed by atoms with E-state index in [9.17, 15) is 36.4 Å². The van der Waals surface area contributed by atoms with Crippen molar-refractivity contribution in [3.63, 3.8) is 0 Å². The molecule has 0 aliphatic carbocycles. The van der Waals surface area contributed by atoms with Gasteiger partial charge in [0, 0.05) is 37.3 Å². The van der Waals surface area contributed by atoms with Gasteiger partial charge in [-0.25, -0.2) is 8.42 Å². The van der Waals surface area contributed by atoms with Crippen LogP contribution in [-0.4, -0.2) is 63.7 Å². The zero-order chi connectivity index (χ0) is 21.6. The summed E-state index contributed by atoms with van der Waals surface area (Å²) in [5.41, 5.74) is -2.12. The molecule has 2 aliphatic heterocycles. The van der Waals surface area contributed by atoms with Crippen LogP contribution in [0, 0.1) is 22.7 Å². The summed E-state index contributed by atoms with van der Waals surface area (Å²) in [5, 5.41) is 9.49. The van der Waals surface area contributed by atoms with Crippen molar-refractivity contribution in [2.75, 3.05) is 43.1 Å². The smallest absolute Gasteiger partial charge is 0.365 e. The lowest BCUT2D eigenvalue weighted by molar-refractivity contribution is -0.137. The van der Waals surface area contributed by atoms with Crippen LogP contribution in [0.15, 0.2) is 18.2 Å². The molecule has 0 spiro atoms. The van der Waals surface area contributed by atoms with E-state index in [2.05, 4.69) is 6.07 Å². The first-order valence-electron chi connectivity index (χ1n) is 8.68. The van der Waals surface area contributed by atoms with Gasteiger partial charge in [-0.3, -0.25) is 9.59 Å². The number of nitrogens with zero attached hydrogens (tertiary/aromatic N) is 3. The number of benzene rings is 1. The number of carbonyl (C=O) groups is 2. The maximum atomic E-state index is 12.8. The Hall–Kier alpha value is -2.61. The average molecular weight is 429 g/mol. The van der Waals surface area contributed by atoms with Gasteiger partial charge in [0.1, 0.15) is 0 Å². The molecule has 1 aromatic carbocycles. The molecule has 2 atom stereocenters. The number of halogens is 3. The van der Waals surface area contributed by atoms with Crippen molar-refractivity contribution in [2.45, 2.75) is 6.18 Å². The minimum absolute atomic E-state index is 0.00633. The number of fused-ring (bicyclic) bond motifs is 1. The summed E-state index contributed by atoms with van der Waals surface area (Å²) in [4.78, 5) is 26.7. The van der Waals surface area contributed by atoms with Gasteiger partial charge in [0.2, 0.25) is 5.91 Å². The molecule has 156 valence electrons. The average Bonchev–Trinajstić information content (AvgIpc) is 3.09. The van der Waals surface area contributed by atoms with Gasteiger partial charge in [0.25, 0.3) is 0 Å². The number of anilines is 1. The van der Waals surface area contributed by atoms with Crippen LogP contribution >= 0.6 is 0 Å². The zero-order valence-electron chi connectivity index (χ0n) is 15.4. The van der Waals surface area contributed by atoms with Gasteiger partial charge in [0.15, 0.2) is 16.1 Å². The number of sulfone groups is 1. The molecule has 1 aromatic rings. The number of rotatable bonds is 4. The minimum Gasteiger partial charge on any atom is -0.365 e. The maximum Gasteiger partial charge on any atom is 0.416 e. The van der Waals surface area contributed by atoms with E-state index < -0.39 is 38.8 Å². The second-order valence-electron chi connectivity index (χ2n) is 7.54. The van der Waals surface area contributed by atoms with E-state index in [-0.39, 0.29) is 42.4 Å². The van der Waals surface area contributed by atoms with Crippen molar-refractivity contribution in [1.29, 1.82) is 5.26 Å². The summed E-state index contributed by atoms with van der Waals surface area (Å²) in [6.45, 7) is -0.103. The standard InChI is InChI=1S/C18H18F3N3O4S/c1-23(15-3-2-13(18(19,20)21)4-12(15)7-25)6-16(26)24-5-14-8-29(27,28)11-17(14,9-22)10-24/h2-4,7,14H,5-6,8,10-11H2,1H3/t14-,17-/m1/s1. The Kier molecular flexibility index (Phi) is 5.11. The van der Waals surface area contributed by atoms with Crippen LogP contribution in [-0.2, 0) is 20.8 Å². The quantitative estimate of drug-likeness (QED) is 0.670. The van der Waals surface area contributed by atoms with Crippen LogP contribution < -0.4 is 4.90 Å². The summed E-state index contributed by atoms with van der Waals surface area (Å²) in [5.74, 6) is -1.28. The van der Waals surface area contributed by atoms with Gasteiger partial charge in [-0.1, -0.05) is 0 Å². The molecular formula is C18H18F3N3O4S. The molecule has 11 heteroatoms. The Bertz CT molecular complexity index is 1000. The molecule has 0 radical (unpaired) electrons. The number of hydrogen-bond donors (Lipinski definition) is 0. The Morgan fingerprint density at radius 3 is 2.69 bits per heavy atom. The highest BCUT2D eigenvalue weighted by Crippen LogP contribution is 2.43. The number of nitriles is 1. The SMILES string of the molecule is CN(CC(=O)N1C[C@@H]2CS(=O)(=O)C[C@@]2(C#N)C1)c1ccc(C(F)(F)F)cc1C=O. The third-order valence-corrected chi connectivity index (χ3v) is 7.33. The molecule has 3 rings (SSSR count). The number of alkyl halides is 3. The molecule has 0 saturated carbocycles. The first-order valence-corrected chi connectivity index (χ1v) is 10.5. The zero-order valence-corrected chi connectivity index (χ0v) is 16.3. The molecule has 2 fully saturated rings. The summed E-state index contributed by atoms with van der Waals surface area (Å²) in [7, 11) is -1.85. The van der Waals surface area contributed by atoms with E-state index in [1.54, 1.807) is 0 Å². The molecule has 0 N–H and O–H groups in total. The molecule has 2 aliphatic rings. The summed E-state index contributed by atoms with van der Waals surface area (Å²) in [6.07, 6.45) is -4.30. The second kappa shape index (κ2) is 7.02. The van der Waals surface area contributed by atoms with Crippen molar-refractivity contribution in [3.8, 4) is 6.07 Å². The van der Waals surface area contributed by atoms with E-state index in [0.29, 0.717) is 6.29 Å². The van der Waals surface area contributed by atoms with Gasteiger partial charge < -0.3 is 9.80 Å². The highest BCUT2D eigenvalue weighted by Gasteiger charge is 2.57. The fourth-order valence-electron chi connectivity index (χ4n) is 4.02. The first-order chi connectivity index (χ1) is 13.4. The van der Waals surface area contributed by atoms with Crippen LogP contribution in [0.25, 0.3) is 0 Å². The minimum atomic E-state index is -4.59. The Labute approximate surface area is 165 Å². The van der Waals surface area contributed by atoms with Crippen molar-refractivity contribution < 1.29 is 31.2 Å². The summed E-state index contributed by atoms with van der Waals surface area (Å²) < 4.78 is 62.2. The fraction of sp³-hybridized carbons (Fsp3) is 0.500. The monoisotopic (exact) mass is 429 g/mol. The third-order valence-electron chi connectivity index (χ3n) is 5.47. The molecule has 2 heterocycles. The lowest BCUT2D eigenvalue weighted by Crippen LogP contribution is -2.40. The fourth-order valence-corrected chi connectivity index (χ4v) is 6.35. The molecule has 7 nitrogen and oxygen atoms in total. The molecule has 0 unspecified atom stereocenters. The van der Waals surface area contributed by atoms with Gasteiger partial charge in [-0.15, -0.1) is 0 Å². The highest BCUT2D eigenvalue weighted by molar-refractivity contribution is 7.91. The summed E-state index contributed by atoms with van der Waals surface area (Å²) >= 11 is 0. The predicted molar refractivity (Wildman–Crippen MR) is 96.9 cm³/mol. The van der Waals surface area contributed by atoms with Crippen LogP contribution in [0.1, 0.15) is 15.9 Å². The van der Waals surface area contributed by atoms with Gasteiger partial charge in [-0.05, 0) is 18.2 Å². The van der Waals surface area contributed by atoms with Gasteiger partial charge in [-0.2, -0.15) is 18.4 Å². The molecule has 29 heavy (non-hydrogen) atoms. The molecule has 2 saturated heterocycles. The number of likely N-dealkylation sites (tertiary alicyclic amines) is 1. The Morgan fingerprint density at radius 1 is 1.45 bits per heavy atom. The van der Waals surface area contributed by atoms with E-state index in [1.165, 1.54) is 16.8 Å². The number of aldehydes is 1. The van der Waals surface area contributed by atoms with Crippen LogP contribution in [0.5, 0.6) is 0 Å². The Balaban J connectivity index is 1.74. The van der Waals surface area contributed by atoms with E-state index >= 15 is 0 Å². The second-order valence-corrected chi connectivity index (χ2v) is 9.65. The number of carbonyl (C=O) groups excluding carboxylic acids is 2. The molecule has 0 bridgehead atoms. The topological polar surface area (TPSA) is 98.6 Å². The number of likely N-dealkylation sites (N-methyl/N-ethyl adjacent to an activating group) is 1. The van der Waals surface area contributed by atoms with Crippen molar-refractivity contribution in [1.82, 2.24) is 4.90 Å². The molecule has 1 amide bonds. The van der Waals surface area contributed by atoms with Crippen LogP contribution in [0.3, 0.4) is 0 Å². The maximum absolute atomic E-state index is 12.8. The number of amides is 1. The van der Waals surface area contributed by atoms with Crippen LogP contribution in [0.2, 0.25) is 0 Å². The van der Waals surface area contributed by atoms with E-state index in [1.807, 2.05) is 0 Å².